The molecule has 0 radical (unpaired) electrons. The number of anilines is 1. The zero-order valence-corrected chi connectivity index (χ0v) is 10.3. The van der Waals surface area contributed by atoms with Crippen LogP contribution in [0.4, 0.5) is 14.5 Å². The van der Waals surface area contributed by atoms with Gasteiger partial charge in [-0.25, -0.2) is 8.78 Å². The molecule has 0 aliphatic rings. The molecule has 0 aliphatic carbocycles. The second-order valence-corrected chi connectivity index (χ2v) is 3.93. The third kappa shape index (κ3) is 3.44. The van der Waals surface area contributed by atoms with Crippen LogP contribution in [0.3, 0.4) is 0 Å². The average Bonchev–Trinajstić information content (AvgIpc) is 2.40. The van der Waals surface area contributed by atoms with Crippen LogP contribution in [0.5, 0.6) is 11.5 Å². The number of aromatic hydroxyl groups is 1. The fraction of sp³-hybridized carbons (Fsp3) is 0.0714. The lowest BCUT2D eigenvalue weighted by molar-refractivity contribution is -0.118. The number of rotatable bonds is 4. The van der Waals surface area contributed by atoms with Crippen molar-refractivity contribution in [1.82, 2.24) is 0 Å². The van der Waals surface area contributed by atoms with Crippen LogP contribution < -0.4 is 10.1 Å². The Kier molecular flexibility index (Phi) is 4.14. The van der Waals surface area contributed by atoms with Gasteiger partial charge in [-0.2, -0.15) is 0 Å². The molecule has 0 spiro atoms. The van der Waals surface area contributed by atoms with Crippen molar-refractivity contribution in [2.75, 3.05) is 11.9 Å². The summed E-state index contributed by atoms with van der Waals surface area (Å²) in [7, 11) is 0. The Labute approximate surface area is 113 Å². The highest BCUT2D eigenvalue weighted by atomic mass is 19.1. The number of halogens is 2. The van der Waals surface area contributed by atoms with Gasteiger partial charge >= 0.3 is 0 Å². The quantitative estimate of drug-likeness (QED) is 0.846. The molecule has 0 fully saturated rings. The predicted molar refractivity (Wildman–Crippen MR) is 68.6 cm³/mol. The minimum Gasteiger partial charge on any atom is -0.506 e. The summed E-state index contributed by atoms with van der Waals surface area (Å²) in [6.07, 6.45) is 0. The first-order valence-electron chi connectivity index (χ1n) is 5.72. The molecule has 0 unspecified atom stereocenters. The van der Waals surface area contributed by atoms with E-state index in [1.807, 2.05) is 0 Å². The first kappa shape index (κ1) is 13.8. The van der Waals surface area contributed by atoms with E-state index in [4.69, 9.17) is 4.74 Å². The van der Waals surface area contributed by atoms with Crippen molar-refractivity contribution in [2.24, 2.45) is 0 Å². The number of hydrogen-bond acceptors (Lipinski definition) is 3. The molecule has 2 rings (SSSR count). The van der Waals surface area contributed by atoms with Crippen molar-refractivity contribution in [3.8, 4) is 11.5 Å². The van der Waals surface area contributed by atoms with Gasteiger partial charge < -0.3 is 15.2 Å². The first-order valence-corrected chi connectivity index (χ1v) is 5.72. The summed E-state index contributed by atoms with van der Waals surface area (Å²) in [4.78, 5) is 11.6. The Morgan fingerprint density at radius 1 is 1.20 bits per heavy atom. The van der Waals surface area contributed by atoms with Crippen LogP contribution in [-0.2, 0) is 4.79 Å². The molecule has 0 heterocycles. The van der Waals surface area contributed by atoms with E-state index in [1.54, 1.807) is 12.1 Å². The highest BCUT2D eigenvalue weighted by Gasteiger charge is 2.09. The summed E-state index contributed by atoms with van der Waals surface area (Å²) in [5.74, 6) is -2.50. The van der Waals surface area contributed by atoms with Gasteiger partial charge in [0, 0.05) is 6.07 Å². The Bertz CT molecular complexity index is 632. The topological polar surface area (TPSA) is 58.6 Å². The largest absolute Gasteiger partial charge is 0.506 e. The zero-order chi connectivity index (χ0) is 14.5. The molecule has 0 aromatic heterocycles. The minimum absolute atomic E-state index is 0.0891. The second-order valence-electron chi connectivity index (χ2n) is 3.93. The van der Waals surface area contributed by atoms with Crippen LogP contribution in [0.2, 0.25) is 0 Å². The van der Waals surface area contributed by atoms with Crippen molar-refractivity contribution < 1.29 is 23.4 Å². The maximum absolute atomic E-state index is 13.3. The van der Waals surface area contributed by atoms with Crippen molar-refractivity contribution in [2.45, 2.75) is 0 Å². The van der Waals surface area contributed by atoms with E-state index in [-0.39, 0.29) is 17.2 Å². The van der Waals surface area contributed by atoms with E-state index in [2.05, 4.69) is 5.32 Å². The summed E-state index contributed by atoms with van der Waals surface area (Å²) in [5, 5.41) is 11.9. The summed E-state index contributed by atoms with van der Waals surface area (Å²) in [6.45, 7) is -0.461. The number of nitrogens with one attached hydrogen (secondary N) is 1. The molecule has 4 nitrogen and oxygen atoms in total. The summed E-state index contributed by atoms with van der Waals surface area (Å²) < 4.78 is 30.9. The van der Waals surface area contributed by atoms with Crippen LogP contribution >= 0.6 is 0 Å². The average molecular weight is 279 g/mol. The van der Waals surface area contributed by atoms with Crippen LogP contribution in [0, 0.1) is 11.6 Å². The van der Waals surface area contributed by atoms with E-state index in [1.165, 1.54) is 12.1 Å². The number of hydrogen-bond donors (Lipinski definition) is 2. The number of carbonyl (C=O) groups is 1. The summed E-state index contributed by atoms with van der Waals surface area (Å²) >= 11 is 0. The number of benzene rings is 2. The van der Waals surface area contributed by atoms with Crippen molar-refractivity contribution in [1.29, 1.82) is 0 Å². The fourth-order valence-electron chi connectivity index (χ4n) is 1.50. The van der Waals surface area contributed by atoms with Gasteiger partial charge in [0.15, 0.2) is 18.2 Å². The Morgan fingerprint density at radius 3 is 2.65 bits per heavy atom. The standard InChI is InChI=1S/C14H11F2NO3/c15-9-5-6-13(10(16)7-9)20-8-14(19)17-11-3-1-2-4-12(11)18/h1-7,18H,8H2,(H,17,19). The van der Waals surface area contributed by atoms with Gasteiger partial charge in [-0.15, -0.1) is 0 Å². The number of phenols is 1. The van der Waals surface area contributed by atoms with Gasteiger partial charge in [0.05, 0.1) is 5.69 Å². The lowest BCUT2D eigenvalue weighted by Crippen LogP contribution is -2.20. The molecule has 20 heavy (non-hydrogen) atoms. The van der Waals surface area contributed by atoms with Gasteiger partial charge in [0.25, 0.3) is 5.91 Å². The highest BCUT2D eigenvalue weighted by molar-refractivity contribution is 5.93. The third-order valence-electron chi connectivity index (χ3n) is 2.43. The van der Waals surface area contributed by atoms with E-state index >= 15 is 0 Å². The van der Waals surface area contributed by atoms with Crippen molar-refractivity contribution >= 4 is 11.6 Å². The van der Waals surface area contributed by atoms with E-state index in [9.17, 15) is 18.7 Å². The maximum Gasteiger partial charge on any atom is 0.262 e. The molecular formula is C14H11F2NO3. The SMILES string of the molecule is O=C(COc1ccc(F)cc1F)Nc1ccccc1O. The summed E-state index contributed by atoms with van der Waals surface area (Å²) in [6, 6.07) is 8.95. The smallest absolute Gasteiger partial charge is 0.262 e. The number of carbonyl (C=O) groups excluding carboxylic acids is 1. The maximum atomic E-state index is 13.3. The first-order chi connectivity index (χ1) is 9.56. The Morgan fingerprint density at radius 2 is 1.95 bits per heavy atom. The molecule has 2 aromatic rings. The van der Waals surface area contributed by atoms with Crippen LogP contribution in [-0.4, -0.2) is 17.6 Å². The normalized spacial score (nSPS) is 10.1. The van der Waals surface area contributed by atoms with E-state index in [0.29, 0.717) is 6.07 Å². The molecule has 0 bridgehead atoms. The molecular weight excluding hydrogens is 268 g/mol. The van der Waals surface area contributed by atoms with Gasteiger partial charge in [0.1, 0.15) is 11.6 Å². The molecule has 2 aromatic carbocycles. The number of phenolic OH excluding ortho intramolecular Hbond substituents is 1. The van der Waals surface area contributed by atoms with Gasteiger partial charge in [-0.3, -0.25) is 4.79 Å². The van der Waals surface area contributed by atoms with Gasteiger partial charge in [-0.1, -0.05) is 12.1 Å². The number of para-hydroxylation sites is 2. The second kappa shape index (κ2) is 6.01. The Balaban J connectivity index is 1.94. The molecule has 104 valence electrons. The molecule has 1 amide bonds. The molecule has 6 heteroatoms. The van der Waals surface area contributed by atoms with Crippen molar-refractivity contribution in [3.05, 3.63) is 54.1 Å². The number of amides is 1. The predicted octanol–water partition coefficient (Wildman–Crippen LogP) is 2.69. The Hall–Kier alpha value is -2.63. The molecule has 0 atom stereocenters. The monoisotopic (exact) mass is 279 g/mol. The van der Waals surface area contributed by atoms with Crippen LogP contribution in [0.15, 0.2) is 42.5 Å². The van der Waals surface area contributed by atoms with E-state index in [0.717, 1.165) is 12.1 Å². The zero-order valence-electron chi connectivity index (χ0n) is 10.3. The number of ether oxygens (including phenoxy) is 1. The van der Waals surface area contributed by atoms with E-state index < -0.39 is 24.1 Å². The third-order valence-corrected chi connectivity index (χ3v) is 2.43. The van der Waals surface area contributed by atoms with Crippen molar-refractivity contribution in [3.63, 3.8) is 0 Å². The lowest BCUT2D eigenvalue weighted by Gasteiger charge is -2.09. The molecule has 0 saturated heterocycles. The van der Waals surface area contributed by atoms with Crippen LogP contribution in [0.25, 0.3) is 0 Å². The molecule has 0 saturated carbocycles. The molecule has 2 N–H and O–H groups in total. The lowest BCUT2D eigenvalue weighted by atomic mass is 10.3. The fourth-order valence-corrected chi connectivity index (χ4v) is 1.50. The minimum atomic E-state index is -0.889. The van der Waals surface area contributed by atoms with Gasteiger partial charge in [0.2, 0.25) is 0 Å². The van der Waals surface area contributed by atoms with Gasteiger partial charge in [-0.05, 0) is 24.3 Å². The van der Waals surface area contributed by atoms with Crippen LogP contribution in [0.1, 0.15) is 0 Å². The molecule has 0 aliphatic heterocycles. The summed E-state index contributed by atoms with van der Waals surface area (Å²) in [5.41, 5.74) is 0.223. The highest BCUT2D eigenvalue weighted by Crippen LogP contribution is 2.21.